The highest BCUT2D eigenvalue weighted by atomic mass is 32.2. The zero-order valence-electron chi connectivity index (χ0n) is 15.8. The molecule has 12 heteroatoms. The van der Waals surface area contributed by atoms with Crippen LogP contribution in [0, 0.1) is 0 Å². The van der Waals surface area contributed by atoms with Crippen LogP contribution in [0.5, 0.6) is 0 Å². The second kappa shape index (κ2) is 9.30. The Morgan fingerprint density at radius 1 is 1.43 bits per heavy atom. The van der Waals surface area contributed by atoms with Crippen LogP contribution in [0.4, 0.5) is 0 Å². The molecule has 3 heterocycles. The van der Waals surface area contributed by atoms with Gasteiger partial charge in [-0.05, 0) is 28.0 Å². The van der Waals surface area contributed by atoms with E-state index in [1.165, 1.54) is 34.9 Å². The molecule has 3 atom stereocenters. The van der Waals surface area contributed by atoms with E-state index >= 15 is 0 Å². The maximum absolute atomic E-state index is 12.6. The fourth-order valence-electron chi connectivity index (χ4n) is 3.23. The minimum absolute atomic E-state index is 0.0529. The standard InChI is InChI=1S/C18H19N3O7S2/c1-9(23)28-5-11-7-30-17-14(20-8-22)16(25)21(17)12(11)4-19-15(24)13(18(26)27)10-2-3-29-6-10/h2-3,6,8,13-14,17H,4-5,7H2,1H3,(H,19,24)(H,20,22)(H,26,27)/t13?,14-,17-/m1/s1. The number of thioether (sulfide) groups is 1. The summed E-state index contributed by atoms with van der Waals surface area (Å²) in [5.41, 5.74) is 1.44. The van der Waals surface area contributed by atoms with E-state index in [2.05, 4.69) is 10.6 Å². The van der Waals surface area contributed by atoms with Gasteiger partial charge in [0.2, 0.25) is 12.3 Å². The minimum Gasteiger partial charge on any atom is -0.480 e. The van der Waals surface area contributed by atoms with Gasteiger partial charge in [-0.25, -0.2) is 0 Å². The van der Waals surface area contributed by atoms with E-state index in [9.17, 15) is 29.1 Å². The van der Waals surface area contributed by atoms with Crippen molar-refractivity contribution in [1.29, 1.82) is 0 Å². The average Bonchev–Trinajstić information content (AvgIpc) is 3.22. The number of hydrogen-bond acceptors (Lipinski definition) is 8. The summed E-state index contributed by atoms with van der Waals surface area (Å²) in [6.07, 6.45) is 0.457. The van der Waals surface area contributed by atoms with E-state index in [0.29, 0.717) is 29.0 Å². The molecule has 2 aliphatic rings. The third-order valence-electron chi connectivity index (χ3n) is 4.68. The van der Waals surface area contributed by atoms with Gasteiger partial charge in [-0.1, -0.05) is 0 Å². The summed E-state index contributed by atoms with van der Waals surface area (Å²) in [6, 6.07) is 0.891. The third kappa shape index (κ3) is 4.33. The number of rotatable bonds is 9. The summed E-state index contributed by atoms with van der Waals surface area (Å²) in [5, 5.41) is 17.4. The van der Waals surface area contributed by atoms with Crippen LogP contribution in [0.3, 0.4) is 0 Å². The first kappa shape index (κ1) is 21.8. The number of fused-ring (bicyclic) bond motifs is 1. The molecule has 0 aliphatic carbocycles. The predicted molar refractivity (Wildman–Crippen MR) is 107 cm³/mol. The van der Waals surface area contributed by atoms with Crippen molar-refractivity contribution in [3.8, 4) is 0 Å². The van der Waals surface area contributed by atoms with Crippen molar-refractivity contribution in [1.82, 2.24) is 15.5 Å². The average molecular weight is 453 g/mol. The Kier molecular flexibility index (Phi) is 6.77. The van der Waals surface area contributed by atoms with Gasteiger partial charge in [-0.15, -0.1) is 11.8 Å². The third-order valence-corrected chi connectivity index (χ3v) is 6.72. The molecule has 160 valence electrons. The van der Waals surface area contributed by atoms with Gasteiger partial charge in [0.1, 0.15) is 18.0 Å². The maximum Gasteiger partial charge on any atom is 0.320 e. The summed E-state index contributed by atoms with van der Waals surface area (Å²) in [5.74, 6) is -3.79. The molecule has 3 N–H and O–H groups in total. The summed E-state index contributed by atoms with van der Waals surface area (Å²) < 4.78 is 5.05. The SMILES string of the molecule is CC(=O)OCC1=C(CNC(=O)C(C(=O)O)c2ccsc2)N2C(=O)[C@@H](NC=O)[C@H]2SC1. The molecule has 10 nitrogen and oxygen atoms in total. The van der Waals surface area contributed by atoms with Crippen molar-refractivity contribution in [3.05, 3.63) is 33.7 Å². The Morgan fingerprint density at radius 2 is 2.20 bits per heavy atom. The normalized spacial score (nSPS) is 21.2. The first-order valence-electron chi connectivity index (χ1n) is 8.86. The van der Waals surface area contributed by atoms with Gasteiger partial charge in [0.25, 0.3) is 5.91 Å². The summed E-state index contributed by atoms with van der Waals surface area (Å²) >= 11 is 2.68. The van der Waals surface area contributed by atoms with Crippen molar-refractivity contribution in [2.75, 3.05) is 18.9 Å². The van der Waals surface area contributed by atoms with Gasteiger partial charge in [0.15, 0.2) is 5.92 Å². The molecular weight excluding hydrogens is 434 g/mol. The fourth-order valence-corrected chi connectivity index (χ4v) is 5.31. The molecule has 1 fully saturated rings. The first-order valence-corrected chi connectivity index (χ1v) is 10.9. The zero-order chi connectivity index (χ0) is 21.8. The zero-order valence-corrected chi connectivity index (χ0v) is 17.5. The molecule has 1 unspecified atom stereocenters. The van der Waals surface area contributed by atoms with Gasteiger partial charge in [0.05, 0.1) is 6.54 Å². The summed E-state index contributed by atoms with van der Waals surface area (Å²) in [7, 11) is 0. The van der Waals surface area contributed by atoms with E-state index in [4.69, 9.17) is 4.74 Å². The van der Waals surface area contributed by atoms with Crippen molar-refractivity contribution < 1.29 is 33.8 Å². The highest BCUT2D eigenvalue weighted by Gasteiger charge is 2.51. The van der Waals surface area contributed by atoms with E-state index in [-0.39, 0.29) is 24.4 Å². The minimum atomic E-state index is -1.38. The monoisotopic (exact) mass is 453 g/mol. The number of aliphatic carboxylic acids is 1. The van der Waals surface area contributed by atoms with Crippen LogP contribution in [0.25, 0.3) is 0 Å². The first-order chi connectivity index (χ1) is 14.3. The van der Waals surface area contributed by atoms with Crippen LogP contribution in [-0.4, -0.2) is 70.5 Å². The Hall–Kier alpha value is -2.86. The van der Waals surface area contributed by atoms with Crippen molar-refractivity contribution >= 4 is 53.3 Å². The molecule has 3 amide bonds. The summed E-state index contributed by atoms with van der Waals surface area (Å²) in [6.45, 7) is 1.10. The van der Waals surface area contributed by atoms with E-state index in [0.717, 1.165) is 0 Å². The number of β-lactam (4-membered cyclic amide) rings is 1. The molecule has 1 saturated heterocycles. The van der Waals surface area contributed by atoms with Gasteiger partial charge in [-0.3, -0.25) is 28.9 Å². The Morgan fingerprint density at radius 3 is 2.80 bits per heavy atom. The smallest absolute Gasteiger partial charge is 0.320 e. The van der Waals surface area contributed by atoms with Gasteiger partial charge >= 0.3 is 11.9 Å². The fraction of sp³-hybridized carbons (Fsp3) is 0.389. The molecule has 0 bridgehead atoms. The van der Waals surface area contributed by atoms with E-state index in [1.54, 1.807) is 16.8 Å². The second-order valence-electron chi connectivity index (χ2n) is 6.55. The van der Waals surface area contributed by atoms with Crippen molar-refractivity contribution in [2.24, 2.45) is 0 Å². The molecule has 0 saturated carbocycles. The number of carbonyl (C=O) groups excluding carboxylic acids is 4. The van der Waals surface area contributed by atoms with Crippen molar-refractivity contribution in [2.45, 2.75) is 24.3 Å². The largest absolute Gasteiger partial charge is 0.480 e. The molecule has 30 heavy (non-hydrogen) atoms. The molecule has 2 aliphatic heterocycles. The lowest BCUT2D eigenvalue weighted by Gasteiger charge is -2.50. The lowest BCUT2D eigenvalue weighted by atomic mass is 10.0. The highest BCUT2D eigenvalue weighted by molar-refractivity contribution is 8.00. The molecule has 0 radical (unpaired) electrons. The van der Waals surface area contributed by atoms with Crippen LogP contribution in [0.15, 0.2) is 28.1 Å². The maximum atomic E-state index is 12.6. The molecular formula is C18H19N3O7S2. The van der Waals surface area contributed by atoms with Crippen LogP contribution in [-0.2, 0) is 28.7 Å². The highest BCUT2D eigenvalue weighted by Crippen LogP contribution is 2.40. The second-order valence-corrected chi connectivity index (χ2v) is 8.43. The number of carbonyl (C=O) groups is 5. The van der Waals surface area contributed by atoms with Gasteiger partial charge in [0, 0.05) is 18.4 Å². The van der Waals surface area contributed by atoms with E-state index < -0.39 is 29.8 Å². The predicted octanol–water partition coefficient (Wildman–Crippen LogP) is -0.121. The number of carboxylic acids is 1. The Balaban J connectivity index is 1.79. The summed E-state index contributed by atoms with van der Waals surface area (Å²) in [4.78, 5) is 60.1. The lowest BCUT2D eigenvalue weighted by molar-refractivity contribution is -0.146. The van der Waals surface area contributed by atoms with E-state index in [1.807, 2.05) is 0 Å². The van der Waals surface area contributed by atoms with Crippen LogP contribution >= 0.6 is 23.1 Å². The van der Waals surface area contributed by atoms with Crippen LogP contribution < -0.4 is 10.6 Å². The number of ether oxygens (including phenoxy) is 1. The number of thiophene rings is 1. The molecule has 3 rings (SSSR count). The number of nitrogens with one attached hydrogen (secondary N) is 2. The number of carboxylic acid groups (broad SMARTS) is 1. The van der Waals surface area contributed by atoms with Gasteiger partial charge in [-0.2, -0.15) is 11.3 Å². The van der Waals surface area contributed by atoms with Gasteiger partial charge < -0.3 is 20.5 Å². The number of esters is 1. The lowest BCUT2D eigenvalue weighted by Crippen LogP contribution is -2.69. The number of amides is 3. The molecule has 0 spiro atoms. The van der Waals surface area contributed by atoms with Crippen LogP contribution in [0.2, 0.25) is 0 Å². The topological polar surface area (TPSA) is 142 Å². The Bertz CT molecular complexity index is 900. The number of hydrogen-bond donors (Lipinski definition) is 3. The number of nitrogens with zero attached hydrogens (tertiary/aromatic N) is 1. The molecule has 0 aromatic carbocycles. The molecule has 1 aromatic rings. The molecule has 1 aromatic heterocycles. The quantitative estimate of drug-likeness (QED) is 0.203. The van der Waals surface area contributed by atoms with Crippen molar-refractivity contribution in [3.63, 3.8) is 0 Å². The Labute approximate surface area is 179 Å². The van der Waals surface area contributed by atoms with Crippen LogP contribution in [0.1, 0.15) is 18.4 Å².